The van der Waals surface area contributed by atoms with Crippen LogP contribution in [0.2, 0.25) is 0 Å². The molecule has 3 rings (SSSR count). The Morgan fingerprint density at radius 2 is 2.19 bits per heavy atom. The summed E-state index contributed by atoms with van der Waals surface area (Å²) in [5, 5.41) is 6.06. The van der Waals surface area contributed by atoms with Crippen LogP contribution in [0, 0.1) is 0 Å². The molecule has 0 bridgehead atoms. The molecule has 6 nitrogen and oxygen atoms in total. The number of nitrogens with one attached hydrogen (secondary N) is 2. The van der Waals surface area contributed by atoms with Crippen molar-refractivity contribution in [2.45, 2.75) is 12.6 Å². The monoisotopic (exact) mass is 417 g/mol. The number of methoxy groups -OCH3 is 1. The van der Waals surface area contributed by atoms with Crippen LogP contribution in [0.4, 0.5) is 5.69 Å². The molecule has 2 heterocycles. The summed E-state index contributed by atoms with van der Waals surface area (Å²) in [6.07, 6.45) is 3.47. The fourth-order valence-corrected chi connectivity index (χ4v) is 3.25. The maximum absolute atomic E-state index is 12.2. The quantitative estimate of drug-likeness (QED) is 0.751. The van der Waals surface area contributed by atoms with E-state index in [9.17, 15) is 4.79 Å². The van der Waals surface area contributed by atoms with Crippen molar-refractivity contribution in [1.82, 2.24) is 10.3 Å². The molecule has 9 heteroatoms. The van der Waals surface area contributed by atoms with Crippen LogP contribution >= 0.6 is 36.6 Å². The van der Waals surface area contributed by atoms with Gasteiger partial charge in [-0.05, 0) is 18.2 Å². The number of pyridine rings is 1. The number of benzene rings is 1. The molecule has 1 saturated heterocycles. The second-order valence-corrected chi connectivity index (χ2v) is 6.31. The topological polar surface area (TPSA) is 72.5 Å². The highest BCUT2D eigenvalue weighted by molar-refractivity contribution is 7.99. The number of nitrogens with zero attached hydrogens (tertiary/aromatic N) is 1. The van der Waals surface area contributed by atoms with Crippen LogP contribution in [0.3, 0.4) is 0 Å². The lowest BCUT2D eigenvalue weighted by Gasteiger charge is -2.14. The maximum atomic E-state index is 12.2. The van der Waals surface area contributed by atoms with E-state index in [1.807, 2.05) is 12.1 Å². The van der Waals surface area contributed by atoms with Crippen molar-refractivity contribution >= 4 is 48.2 Å². The summed E-state index contributed by atoms with van der Waals surface area (Å²) in [5.74, 6) is 2.75. The molecule has 1 aliphatic heterocycles. The summed E-state index contributed by atoms with van der Waals surface area (Å²) in [7, 11) is 1.59. The number of thioether (sulfide) groups is 1. The minimum Gasteiger partial charge on any atom is -0.493 e. The molecule has 1 aromatic heterocycles. The van der Waals surface area contributed by atoms with E-state index in [0.717, 1.165) is 17.2 Å². The van der Waals surface area contributed by atoms with Crippen LogP contribution in [-0.2, 0) is 11.4 Å². The Labute approximate surface area is 169 Å². The summed E-state index contributed by atoms with van der Waals surface area (Å²) in [6, 6.07) is 9.00. The summed E-state index contributed by atoms with van der Waals surface area (Å²) < 4.78 is 11.2. The first kappa shape index (κ1) is 22.4. The van der Waals surface area contributed by atoms with Crippen LogP contribution in [0.15, 0.2) is 42.7 Å². The molecule has 0 radical (unpaired) electrons. The average Bonchev–Trinajstić information content (AvgIpc) is 3.16. The second-order valence-electron chi connectivity index (χ2n) is 5.28. The predicted molar refractivity (Wildman–Crippen MR) is 109 cm³/mol. The lowest BCUT2D eigenvalue weighted by atomic mass is 10.2. The molecular formula is C17H21Cl2N3O3S. The van der Waals surface area contributed by atoms with Crippen LogP contribution in [0.25, 0.3) is 0 Å². The first-order chi connectivity index (χ1) is 11.8. The Hall–Kier alpha value is -1.67. The zero-order valence-corrected chi connectivity index (χ0v) is 16.6. The molecular weight excluding hydrogens is 397 g/mol. The Morgan fingerprint density at radius 3 is 2.85 bits per heavy atom. The largest absolute Gasteiger partial charge is 0.493 e. The number of aromatic nitrogens is 1. The minimum atomic E-state index is -0.156. The summed E-state index contributed by atoms with van der Waals surface area (Å²) in [5.41, 5.74) is 1.64. The number of halogens is 2. The highest BCUT2D eigenvalue weighted by Crippen LogP contribution is 2.31. The molecule has 1 atom stereocenters. The number of hydrogen-bond donors (Lipinski definition) is 2. The van der Waals surface area contributed by atoms with Gasteiger partial charge in [-0.15, -0.1) is 36.6 Å². The SMILES string of the molecule is COc1ccc(NC(=O)C2CSCN2)cc1OCc1cccnc1.Cl.Cl. The Kier molecular flexibility index (Phi) is 9.58. The van der Waals surface area contributed by atoms with Gasteiger partial charge in [-0.3, -0.25) is 15.1 Å². The predicted octanol–water partition coefficient (Wildman–Crippen LogP) is 3.11. The van der Waals surface area contributed by atoms with Crippen molar-refractivity contribution in [1.29, 1.82) is 0 Å². The fraction of sp³-hybridized carbons (Fsp3) is 0.294. The highest BCUT2D eigenvalue weighted by Gasteiger charge is 2.22. The molecule has 0 spiro atoms. The third-order valence-electron chi connectivity index (χ3n) is 3.58. The van der Waals surface area contributed by atoms with Gasteiger partial charge in [-0.1, -0.05) is 6.07 Å². The number of carbonyl (C=O) groups excluding carboxylic acids is 1. The lowest BCUT2D eigenvalue weighted by Crippen LogP contribution is -2.37. The molecule has 0 aliphatic carbocycles. The first-order valence-electron chi connectivity index (χ1n) is 7.58. The minimum absolute atomic E-state index is 0. The molecule has 26 heavy (non-hydrogen) atoms. The Balaban J connectivity index is 0.00000169. The van der Waals surface area contributed by atoms with E-state index in [1.165, 1.54) is 0 Å². The van der Waals surface area contributed by atoms with E-state index in [-0.39, 0.29) is 36.8 Å². The summed E-state index contributed by atoms with van der Waals surface area (Å²) in [4.78, 5) is 16.3. The van der Waals surface area contributed by atoms with Crippen molar-refractivity contribution in [2.24, 2.45) is 0 Å². The maximum Gasteiger partial charge on any atom is 0.242 e. The molecule has 2 aromatic rings. The zero-order valence-electron chi connectivity index (χ0n) is 14.1. The molecule has 0 saturated carbocycles. The fourth-order valence-electron chi connectivity index (χ4n) is 2.30. The van der Waals surface area contributed by atoms with E-state index >= 15 is 0 Å². The molecule has 1 fully saturated rings. The van der Waals surface area contributed by atoms with Gasteiger partial charge in [0.15, 0.2) is 11.5 Å². The van der Waals surface area contributed by atoms with Gasteiger partial charge in [0.25, 0.3) is 0 Å². The van der Waals surface area contributed by atoms with Gasteiger partial charge < -0.3 is 14.8 Å². The van der Waals surface area contributed by atoms with Gasteiger partial charge in [-0.25, -0.2) is 0 Å². The van der Waals surface area contributed by atoms with Crippen LogP contribution in [0.5, 0.6) is 11.5 Å². The standard InChI is InChI=1S/C17H19N3O3S.2ClH/c1-22-15-5-4-13(20-17(21)14-10-24-11-19-14)7-16(15)23-9-12-3-2-6-18-8-12;;/h2-8,14,19H,9-11H2,1H3,(H,20,21);2*1H. The molecule has 142 valence electrons. The molecule has 1 amide bonds. The van der Waals surface area contributed by atoms with Crippen LogP contribution < -0.4 is 20.1 Å². The number of hydrogen-bond acceptors (Lipinski definition) is 6. The van der Waals surface area contributed by atoms with Crippen molar-refractivity contribution < 1.29 is 14.3 Å². The molecule has 1 aliphatic rings. The van der Waals surface area contributed by atoms with E-state index in [2.05, 4.69) is 15.6 Å². The smallest absolute Gasteiger partial charge is 0.242 e. The van der Waals surface area contributed by atoms with Gasteiger partial charge in [0.1, 0.15) is 6.61 Å². The number of ether oxygens (including phenoxy) is 2. The molecule has 1 unspecified atom stereocenters. The second kappa shape index (κ2) is 11.1. The third-order valence-corrected chi connectivity index (χ3v) is 4.52. The van der Waals surface area contributed by atoms with Gasteiger partial charge >= 0.3 is 0 Å². The summed E-state index contributed by atoms with van der Waals surface area (Å²) >= 11 is 1.71. The Morgan fingerprint density at radius 1 is 1.35 bits per heavy atom. The van der Waals surface area contributed by atoms with Crippen LogP contribution in [0.1, 0.15) is 5.56 Å². The lowest BCUT2D eigenvalue weighted by molar-refractivity contribution is -0.117. The number of amides is 1. The third kappa shape index (κ3) is 5.95. The van der Waals surface area contributed by atoms with Crippen molar-refractivity contribution in [3.8, 4) is 11.5 Å². The molecule has 2 N–H and O–H groups in total. The van der Waals surface area contributed by atoms with Crippen molar-refractivity contribution in [3.63, 3.8) is 0 Å². The normalized spacial score (nSPS) is 15.3. The number of rotatable bonds is 6. The van der Waals surface area contributed by atoms with Gasteiger partial charge in [0, 0.05) is 41.3 Å². The van der Waals surface area contributed by atoms with E-state index in [1.54, 1.807) is 49.5 Å². The highest BCUT2D eigenvalue weighted by atomic mass is 35.5. The van der Waals surface area contributed by atoms with Crippen molar-refractivity contribution in [2.75, 3.05) is 24.1 Å². The Bertz CT molecular complexity index is 701. The van der Waals surface area contributed by atoms with Crippen LogP contribution in [-0.4, -0.2) is 35.7 Å². The van der Waals surface area contributed by atoms with Gasteiger partial charge in [-0.2, -0.15) is 0 Å². The van der Waals surface area contributed by atoms with Gasteiger partial charge in [0.05, 0.1) is 13.2 Å². The zero-order chi connectivity index (χ0) is 16.8. The number of carbonyl (C=O) groups is 1. The van der Waals surface area contributed by atoms with Gasteiger partial charge in [0.2, 0.25) is 5.91 Å². The molecule has 1 aromatic carbocycles. The van der Waals surface area contributed by atoms with Crippen molar-refractivity contribution in [3.05, 3.63) is 48.3 Å². The average molecular weight is 418 g/mol. The number of anilines is 1. The summed E-state index contributed by atoms with van der Waals surface area (Å²) in [6.45, 7) is 0.377. The first-order valence-corrected chi connectivity index (χ1v) is 8.73. The van der Waals surface area contributed by atoms with E-state index in [4.69, 9.17) is 9.47 Å². The van der Waals surface area contributed by atoms with E-state index in [0.29, 0.717) is 23.8 Å². The van der Waals surface area contributed by atoms with E-state index < -0.39 is 0 Å².